The molecule has 1 atom stereocenters. The number of fused-ring (bicyclic) bond motifs is 1. The summed E-state index contributed by atoms with van der Waals surface area (Å²) in [6, 6.07) is 18.3. The summed E-state index contributed by atoms with van der Waals surface area (Å²) in [4.78, 5) is 36.8. The molecule has 0 saturated heterocycles. The summed E-state index contributed by atoms with van der Waals surface area (Å²) in [5, 5.41) is 19.5. The van der Waals surface area contributed by atoms with Gasteiger partial charge in [-0.1, -0.05) is 37.3 Å². The second kappa shape index (κ2) is 13.5. The van der Waals surface area contributed by atoms with Crippen LogP contribution in [0, 0.1) is 5.82 Å². The molecule has 3 aromatic carbocycles. The number of nitrogens with zero attached hydrogens (tertiary/aromatic N) is 5. The van der Waals surface area contributed by atoms with E-state index in [9.17, 15) is 14.7 Å². The Hall–Kier alpha value is -5.52. The molecule has 12 heteroatoms. The van der Waals surface area contributed by atoms with Gasteiger partial charge in [-0.3, -0.25) is 4.68 Å². The summed E-state index contributed by atoms with van der Waals surface area (Å²) in [5.41, 5.74) is 0.429. The van der Waals surface area contributed by atoms with E-state index in [0.29, 0.717) is 40.1 Å². The Morgan fingerprint density at radius 1 is 0.959 bits per heavy atom. The number of phenols is 1. The van der Waals surface area contributed by atoms with Gasteiger partial charge in [-0.25, -0.2) is 23.9 Å². The molecule has 5 rings (SSSR count). The van der Waals surface area contributed by atoms with Gasteiger partial charge in [0, 0.05) is 41.5 Å². The van der Waals surface area contributed by atoms with Crippen molar-refractivity contribution in [3.63, 3.8) is 0 Å². The molecule has 2 N–H and O–H groups in total. The highest BCUT2D eigenvalue weighted by atomic mass is 19.1. The maximum absolute atomic E-state index is 15.7. The van der Waals surface area contributed by atoms with Gasteiger partial charge >= 0.3 is 12.2 Å². The number of nitrogens with one attached hydrogen (secondary N) is 1. The number of benzene rings is 3. The number of halogens is 1. The number of aromatic nitrogens is 4. The van der Waals surface area contributed by atoms with Crippen LogP contribution in [0.25, 0.3) is 22.2 Å². The Labute approximate surface area is 284 Å². The zero-order valence-electron chi connectivity index (χ0n) is 28.9. The van der Waals surface area contributed by atoms with Crippen molar-refractivity contribution in [2.45, 2.75) is 72.1 Å². The average Bonchev–Trinajstić information content (AvgIpc) is 3.40. The quantitative estimate of drug-likeness (QED) is 0.176. The number of pyridine rings is 1. The molecule has 0 radical (unpaired) electrons. The number of ether oxygens (including phenoxy) is 2. The topological polar surface area (TPSA) is 132 Å². The third-order valence-corrected chi connectivity index (χ3v) is 7.40. The van der Waals surface area contributed by atoms with E-state index in [2.05, 4.69) is 15.4 Å². The van der Waals surface area contributed by atoms with E-state index in [1.54, 1.807) is 83.6 Å². The minimum Gasteiger partial charge on any atom is -0.508 e. The molecule has 2 amide bonds. The molecule has 0 spiro atoms. The second-order valence-corrected chi connectivity index (χ2v) is 13.6. The van der Waals surface area contributed by atoms with Gasteiger partial charge in [0.25, 0.3) is 0 Å². The SMILES string of the molecule is CCc1cc(C(Nc2ccc3c(N(C(=O)OC(C)(C)C)C(=O)OC(C)(C)C)nccc3c2)c2nc(-c3ccccc3)nn2C)c(F)cc1O. The molecule has 49 heavy (non-hydrogen) atoms. The van der Waals surface area contributed by atoms with Crippen molar-refractivity contribution < 1.29 is 28.6 Å². The lowest BCUT2D eigenvalue weighted by Gasteiger charge is -2.28. The molecule has 256 valence electrons. The number of carbonyl (C=O) groups excluding carboxylic acids is 2. The average molecular weight is 669 g/mol. The number of carbonyl (C=O) groups is 2. The van der Waals surface area contributed by atoms with Crippen LogP contribution in [0.1, 0.15) is 71.5 Å². The van der Waals surface area contributed by atoms with E-state index < -0.39 is 35.2 Å². The minimum absolute atomic E-state index is 0.0297. The first-order chi connectivity index (χ1) is 23.0. The summed E-state index contributed by atoms with van der Waals surface area (Å²) in [7, 11) is 1.74. The predicted octanol–water partition coefficient (Wildman–Crippen LogP) is 8.32. The van der Waals surface area contributed by atoms with Crippen molar-refractivity contribution in [1.29, 1.82) is 0 Å². The van der Waals surface area contributed by atoms with Crippen molar-refractivity contribution in [3.8, 4) is 17.1 Å². The van der Waals surface area contributed by atoms with Crippen LogP contribution in [0.3, 0.4) is 0 Å². The minimum atomic E-state index is -0.935. The fourth-order valence-electron chi connectivity index (χ4n) is 5.23. The molecule has 5 aromatic rings. The van der Waals surface area contributed by atoms with Gasteiger partial charge in [0.05, 0.1) is 0 Å². The van der Waals surface area contributed by atoms with E-state index in [4.69, 9.17) is 14.5 Å². The van der Waals surface area contributed by atoms with Gasteiger partial charge in [-0.05, 0) is 89.2 Å². The fraction of sp³-hybridized carbons (Fsp3) is 0.324. The third-order valence-electron chi connectivity index (χ3n) is 7.40. The standard InChI is InChI=1S/C37H41FN6O5/c1-9-22-20-27(28(38)21-29(22)45)30(33-41-31(42-43(33)8)23-13-11-10-12-14-23)40-25-15-16-26-24(19-25)17-18-39-32(26)44(34(46)48-36(2,3)4)35(47)49-37(5,6)7/h10-21,30,40,45H,9H2,1-8H3. The van der Waals surface area contributed by atoms with E-state index in [0.717, 1.165) is 16.5 Å². The highest BCUT2D eigenvalue weighted by Crippen LogP contribution is 2.35. The summed E-state index contributed by atoms with van der Waals surface area (Å²) in [5.74, 6) is 0.187. The highest BCUT2D eigenvalue weighted by molar-refractivity contribution is 6.14. The van der Waals surface area contributed by atoms with Crippen molar-refractivity contribution in [2.75, 3.05) is 10.2 Å². The molecule has 0 aliphatic heterocycles. The predicted molar refractivity (Wildman–Crippen MR) is 186 cm³/mol. The number of aryl methyl sites for hydroxylation is 2. The number of hydrogen-bond acceptors (Lipinski definition) is 9. The number of anilines is 2. The first-order valence-electron chi connectivity index (χ1n) is 15.9. The first kappa shape index (κ1) is 34.8. The van der Waals surface area contributed by atoms with E-state index in [1.165, 1.54) is 6.20 Å². The normalized spacial score (nSPS) is 12.4. The van der Waals surface area contributed by atoms with Gasteiger partial charge in [0.1, 0.15) is 28.8 Å². The van der Waals surface area contributed by atoms with E-state index >= 15 is 4.39 Å². The van der Waals surface area contributed by atoms with E-state index in [-0.39, 0.29) is 17.1 Å². The molecule has 2 heterocycles. The van der Waals surface area contributed by atoms with Gasteiger partial charge in [-0.15, -0.1) is 0 Å². The molecule has 0 saturated carbocycles. The largest absolute Gasteiger partial charge is 0.508 e. The smallest absolute Gasteiger partial charge is 0.425 e. The van der Waals surface area contributed by atoms with Crippen LogP contribution < -0.4 is 10.2 Å². The molecular formula is C37H41FN6O5. The number of phenolic OH excluding ortho intramolecular Hbond substituents is 1. The lowest BCUT2D eigenvalue weighted by Crippen LogP contribution is -2.44. The second-order valence-electron chi connectivity index (χ2n) is 13.6. The highest BCUT2D eigenvalue weighted by Gasteiger charge is 2.35. The molecule has 0 bridgehead atoms. The van der Waals surface area contributed by atoms with Gasteiger partial charge in [-0.2, -0.15) is 10.00 Å². The maximum Gasteiger partial charge on any atom is 0.425 e. The van der Waals surface area contributed by atoms with Crippen molar-refractivity contribution in [1.82, 2.24) is 19.7 Å². The summed E-state index contributed by atoms with van der Waals surface area (Å²) in [6.07, 6.45) is 0.0882. The monoisotopic (exact) mass is 668 g/mol. The van der Waals surface area contributed by atoms with Crippen LogP contribution in [0.4, 0.5) is 25.5 Å². The molecule has 0 aliphatic carbocycles. The summed E-state index contributed by atoms with van der Waals surface area (Å²) >= 11 is 0. The molecule has 0 fully saturated rings. The number of imide groups is 1. The molecular weight excluding hydrogens is 627 g/mol. The van der Waals surface area contributed by atoms with Gasteiger partial charge in [0.2, 0.25) is 0 Å². The zero-order valence-corrected chi connectivity index (χ0v) is 28.9. The first-order valence-corrected chi connectivity index (χ1v) is 15.9. The lowest BCUT2D eigenvalue weighted by atomic mass is 9.99. The number of amides is 2. The van der Waals surface area contributed by atoms with Gasteiger partial charge in [0.15, 0.2) is 17.5 Å². The van der Waals surface area contributed by atoms with Crippen LogP contribution >= 0.6 is 0 Å². The fourth-order valence-corrected chi connectivity index (χ4v) is 5.23. The van der Waals surface area contributed by atoms with Crippen LogP contribution in [-0.2, 0) is 22.9 Å². The molecule has 11 nitrogen and oxygen atoms in total. The number of rotatable bonds is 7. The summed E-state index contributed by atoms with van der Waals surface area (Å²) in [6.45, 7) is 12.1. The molecule has 1 unspecified atom stereocenters. The Morgan fingerprint density at radius 2 is 1.61 bits per heavy atom. The van der Waals surface area contributed by atoms with Crippen molar-refractivity contribution in [2.24, 2.45) is 7.05 Å². The van der Waals surface area contributed by atoms with Crippen molar-refractivity contribution in [3.05, 3.63) is 95.7 Å². The Morgan fingerprint density at radius 3 is 2.22 bits per heavy atom. The number of aromatic hydroxyl groups is 1. The Kier molecular flexibility index (Phi) is 9.62. The third kappa shape index (κ3) is 7.97. The zero-order chi connectivity index (χ0) is 35.7. The number of hydrogen-bond donors (Lipinski definition) is 2. The van der Waals surface area contributed by atoms with Crippen LogP contribution in [0.15, 0.2) is 72.9 Å². The maximum atomic E-state index is 15.7. The molecule has 0 aliphatic rings. The summed E-state index contributed by atoms with van der Waals surface area (Å²) < 4.78 is 28.4. The lowest BCUT2D eigenvalue weighted by molar-refractivity contribution is 0.0429. The van der Waals surface area contributed by atoms with Crippen molar-refractivity contribution >= 4 is 34.5 Å². The Bertz CT molecular complexity index is 1970. The van der Waals surface area contributed by atoms with Crippen LogP contribution in [0.2, 0.25) is 0 Å². The Balaban J connectivity index is 1.60. The molecule has 2 aromatic heterocycles. The van der Waals surface area contributed by atoms with Gasteiger partial charge < -0.3 is 19.9 Å². The van der Waals surface area contributed by atoms with Crippen LogP contribution in [-0.4, -0.2) is 48.2 Å². The van der Waals surface area contributed by atoms with E-state index in [1.807, 2.05) is 37.3 Å². The van der Waals surface area contributed by atoms with Crippen LogP contribution in [0.5, 0.6) is 5.75 Å².